The zero-order valence-corrected chi connectivity index (χ0v) is 14.6. The summed E-state index contributed by atoms with van der Waals surface area (Å²) in [5, 5.41) is 10.6. The van der Waals surface area contributed by atoms with Crippen LogP contribution < -0.4 is 5.43 Å². The van der Waals surface area contributed by atoms with Crippen molar-refractivity contribution in [1.29, 1.82) is 0 Å². The van der Waals surface area contributed by atoms with Gasteiger partial charge >= 0.3 is 0 Å². The Morgan fingerprint density at radius 1 is 1.04 bits per heavy atom. The van der Waals surface area contributed by atoms with Gasteiger partial charge in [-0.1, -0.05) is 54.6 Å². The van der Waals surface area contributed by atoms with E-state index in [1.54, 1.807) is 18.5 Å². The molecule has 1 N–H and O–H groups in total. The molecule has 0 unspecified atom stereocenters. The van der Waals surface area contributed by atoms with E-state index < -0.39 is 0 Å². The van der Waals surface area contributed by atoms with Crippen LogP contribution in [0.1, 0.15) is 21.5 Å². The molecule has 0 bridgehead atoms. The predicted octanol–water partition coefficient (Wildman–Crippen LogP) is 3.85. The molecule has 0 atom stereocenters. The highest BCUT2D eigenvalue weighted by molar-refractivity contribution is 6.00. The minimum absolute atomic E-state index is 0.242. The van der Waals surface area contributed by atoms with Gasteiger partial charge in [0.05, 0.1) is 12.8 Å². The van der Waals surface area contributed by atoms with Crippen LogP contribution in [0.25, 0.3) is 10.8 Å². The first-order chi connectivity index (χ1) is 13.3. The molecule has 0 aliphatic heterocycles. The van der Waals surface area contributed by atoms with Crippen LogP contribution >= 0.6 is 0 Å². The molecule has 5 nitrogen and oxygen atoms in total. The lowest BCUT2D eigenvalue weighted by atomic mass is 10.1. The predicted molar refractivity (Wildman–Crippen MR) is 107 cm³/mol. The van der Waals surface area contributed by atoms with Crippen molar-refractivity contribution in [2.45, 2.75) is 6.54 Å². The molecule has 1 heterocycles. The molecule has 0 saturated carbocycles. The number of hydrogen-bond acceptors (Lipinski definition) is 3. The summed E-state index contributed by atoms with van der Waals surface area (Å²) < 4.78 is 1.82. The first-order valence-electron chi connectivity index (χ1n) is 8.67. The number of benzene rings is 3. The Bertz CT molecular complexity index is 1090. The molecule has 0 radical (unpaired) electrons. The minimum Gasteiger partial charge on any atom is -0.268 e. The van der Waals surface area contributed by atoms with Crippen molar-refractivity contribution in [3.8, 4) is 0 Å². The SMILES string of the molecule is O=C(N/N=C\c1cccc2ccccc12)c1cccc(Cn2cccn2)c1. The Kier molecular flexibility index (Phi) is 4.74. The van der Waals surface area contributed by atoms with Gasteiger partial charge in [0.1, 0.15) is 0 Å². The Morgan fingerprint density at radius 3 is 2.78 bits per heavy atom. The number of fused-ring (bicyclic) bond motifs is 1. The van der Waals surface area contributed by atoms with Crippen molar-refractivity contribution in [3.05, 3.63) is 102 Å². The van der Waals surface area contributed by atoms with Crippen LogP contribution in [0.15, 0.2) is 90.3 Å². The quantitative estimate of drug-likeness (QED) is 0.437. The van der Waals surface area contributed by atoms with E-state index >= 15 is 0 Å². The highest BCUT2D eigenvalue weighted by Crippen LogP contribution is 2.16. The first kappa shape index (κ1) is 16.7. The fourth-order valence-corrected chi connectivity index (χ4v) is 2.98. The largest absolute Gasteiger partial charge is 0.271 e. The van der Waals surface area contributed by atoms with Crippen LogP contribution in [-0.4, -0.2) is 21.9 Å². The summed E-state index contributed by atoms with van der Waals surface area (Å²) in [6.07, 6.45) is 5.30. The van der Waals surface area contributed by atoms with Crippen molar-refractivity contribution in [2.24, 2.45) is 5.10 Å². The maximum Gasteiger partial charge on any atom is 0.271 e. The van der Waals surface area contributed by atoms with Gasteiger partial charge in [-0.25, -0.2) is 5.43 Å². The fraction of sp³-hybridized carbons (Fsp3) is 0.0455. The number of carbonyl (C=O) groups is 1. The van der Waals surface area contributed by atoms with Gasteiger partial charge in [-0.3, -0.25) is 9.48 Å². The standard InChI is InChI=1S/C22H18N4O/c27-22(19-9-3-6-17(14-19)16-26-13-5-12-24-26)25-23-15-20-10-4-8-18-7-1-2-11-21(18)20/h1-15H,16H2,(H,25,27)/b23-15-. The summed E-state index contributed by atoms with van der Waals surface area (Å²) in [5.74, 6) is -0.242. The second kappa shape index (κ2) is 7.66. The number of hydrogen-bond donors (Lipinski definition) is 1. The molecule has 27 heavy (non-hydrogen) atoms. The van der Waals surface area contributed by atoms with Crippen molar-refractivity contribution >= 4 is 22.9 Å². The number of hydrazone groups is 1. The highest BCUT2D eigenvalue weighted by Gasteiger charge is 2.06. The van der Waals surface area contributed by atoms with E-state index in [1.807, 2.05) is 65.5 Å². The number of nitrogens with one attached hydrogen (secondary N) is 1. The lowest BCUT2D eigenvalue weighted by Crippen LogP contribution is -2.18. The average Bonchev–Trinajstić information content (AvgIpc) is 3.21. The number of amides is 1. The van der Waals surface area contributed by atoms with E-state index in [1.165, 1.54) is 0 Å². The smallest absolute Gasteiger partial charge is 0.268 e. The molecule has 0 aliphatic carbocycles. The van der Waals surface area contributed by atoms with Gasteiger partial charge in [0.15, 0.2) is 0 Å². The van der Waals surface area contributed by atoms with Crippen LogP contribution in [0.2, 0.25) is 0 Å². The van der Waals surface area contributed by atoms with Gasteiger partial charge in [-0.15, -0.1) is 0 Å². The zero-order chi connectivity index (χ0) is 18.5. The average molecular weight is 354 g/mol. The minimum atomic E-state index is -0.242. The third-order valence-corrected chi connectivity index (χ3v) is 4.29. The molecule has 0 fully saturated rings. The van der Waals surface area contributed by atoms with E-state index in [0.29, 0.717) is 12.1 Å². The highest BCUT2D eigenvalue weighted by atomic mass is 16.2. The van der Waals surface area contributed by atoms with Crippen molar-refractivity contribution in [3.63, 3.8) is 0 Å². The van der Waals surface area contributed by atoms with E-state index in [4.69, 9.17) is 0 Å². The van der Waals surface area contributed by atoms with E-state index in [2.05, 4.69) is 27.8 Å². The molecule has 0 spiro atoms. The molecular formula is C22H18N4O. The van der Waals surface area contributed by atoms with Gasteiger partial charge in [0.25, 0.3) is 5.91 Å². The number of aromatic nitrogens is 2. The summed E-state index contributed by atoms with van der Waals surface area (Å²) >= 11 is 0. The Labute approximate surface area is 157 Å². The number of rotatable bonds is 5. The van der Waals surface area contributed by atoms with Crippen LogP contribution in [0.5, 0.6) is 0 Å². The normalized spacial score (nSPS) is 11.1. The second-order valence-corrected chi connectivity index (χ2v) is 6.17. The van der Waals surface area contributed by atoms with Gasteiger partial charge in [0, 0.05) is 23.5 Å². The van der Waals surface area contributed by atoms with Gasteiger partial charge < -0.3 is 0 Å². The molecule has 0 saturated heterocycles. The van der Waals surface area contributed by atoms with E-state index in [0.717, 1.165) is 21.9 Å². The maximum absolute atomic E-state index is 12.4. The van der Waals surface area contributed by atoms with Gasteiger partial charge in [-0.05, 0) is 34.5 Å². The Balaban J connectivity index is 1.47. The lowest BCUT2D eigenvalue weighted by Gasteiger charge is -2.05. The number of nitrogens with zero attached hydrogens (tertiary/aromatic N) is 3. The maximum atomic E-state index is 12.4. The molecule has 132 valence electrons. The van der Waals surface area contributed by atoms with Crippen LogP contribution in [0, 0.1) is 0 Å². The summed E-state index contributed by atoms with van der Waals surface area (Å²) in [6, 6.07) is 23.4. The Hall–Kier alpha value is -3.73. The molecular weight excluding hydrogens is 336 g/mol. The molecule has 4 rings (SSSR count). The van der Waals surface area contributed by atoms with Gasteiger partial charge in [0.2, 0.25) is 0 Å². The van der Waals surface area contributed by atoms with Crippen molar-refractivity contribution in [1.82, 2.24) is 15.2 Å². The molecule has 1 amide bonds. The lowest BCUT2D eigenvalue weighted by molar-refractivity contribution is 0.0955. The summed E-state index contributed by atoms with van der Waals surface area (Å²) in [5.41, 5.74) is 5.13. The molecule has 5 heteroatoms. The molecule has 3 aromatic carbocycles. The molecule has 4 aromatic rings. The third kappa shape index (κ3) is 3.93. The fourth-order valence-electron chi connectivity index (χ4n) is 2.98. The van der Waals surface area contributed by atoms with Crippen LogP contribution in [-0.2, 0) is 6.54 Å². The topological polar surface area (TPSA) is 59.3 Å². The Morgan fingerprint density at radius 2 is 1.89 bits per heavy atom. The van der Waals surface area contributed by atoms with Crippen molar-refractivity contribution in [2.75, 3.05) is 0 Å². The first-order valence-corrected chi connectivity index (χ1v) is 8.67. The van der Waals surface area contributed by atoms with Gasteiger partial charge in [-0.2, -0.15) is 10.2 Å². The molecule has 0 aliphatic rings. The summed E-state index contributed by atoms with van der Waals surface area (Å²) in [4.78, 5) is 12.4. The molecule has 1 aromatic heterocycles. The van der Waals surface area contributed by atoms with E-state index in [-0.39, 0.29) is 5.91 Å². The van der Waals surface area contributed by atoms with E-state index in [9.17, 15) is 4.79 Å². The number of carbonyl (C=O) groups excluding carboxylic acids is 1. The third-order valence-electron chi connectivity index (χ3n) is 4.29. The summed E-state index contributed by atoms with van der Waals surface area (Å²) in [6.45, 7) is 0.618. The summed E-state index contributed by atoms with van der Waals surface area (Å²) in [7, 11) is 0. The van der Waals surface area contributed by atoms with Crippen LogP contribution in [0.3, 0.4) is 0 Å². The monoisotopic (exact) mass is 354 g/mol. The second-order valence-electron chi connectivity index (χ2n) is 6.17. The van der Waals surface area contributed by atoms with Crippen LogP contribution in [0.4, 0.5) is 0 Å². The van der Waals surface area contributed by atoms with Crippen molar-refractivity contribution < 1.29 is 4.79 Å². The zero-order valence-electron chi connectivity index (χ0n) is 14.6.